The summed E-state index contributed by atoms with van der Waals surface area (Å²) in [5, 5.41) is 0. The van der Waals surface area contributed by atoms with Gasteiger partial charge in [0.25, 0.3) is 20.2 Å². The van der Waals surface area contributed by atoms with E-state index in [-0.39, 0.29) is 24.5 Å². The number of benzene rings is 1. The van der Waals surface area contributed by atoms with Gasteiger partial charge in [0.1, 0.15) is 10.6 Å². The molecule has 0 heterocycles. The average Bonchev–Trinajstić information content (AvgIpc) is 2.23. The van der Waals surface area contributed by atoms with E-state index in [1.54, 1.807) is 0 Å². The minimum atomic E-state index is -4.45. The molecule has 8 nitrogen and oxygen atoms in total. The molecular weight excluding hydrogens is 298 g/mol. The average molecular weight is 311 g/mol. The van der Waals surface area contributed by atoms with E-state index < -0.39 is 30.9 Å². The smallest absolute Gasteiger partial charge is 0.296 e. The fraction of sp³-hybridized carbons (Fsp3) is 0.333. The highest BCUT2D eigenvalue weighted by Crippen LogP contribution is 2.23. The molecule has 0 aliphatic rings. The lowest BCUT2D eigenvalue weighted by molar-refractivity contribution is 0.315. The van der Waals surface area contributed by atoms with Gasteiger partial charge in [-0.2, -0.15) is 16.8 Å². The number of anilines is 1. The van der Waals surface area contributed by atoms with Crippen LogP contribution in [-0.4, -0.2) is 38.3 Å². The van der Waals surface area contributed by atoms with Gasteiger partial charge in [0, 0.05) is 6.07 Å². The second-order valence-electron chi connectivity index (χ2n) is 3.66. The van der Waals surface area contributed by atoms with Crippen molar-refractivity contribution in [2.75, 3.05) is 18.1 Å². The van der Waals surface area contributed by atoms with E-state index in [0.717, 1.165) is 6.07 Å². The molecule has 0 amide bonds. The van der Waals surface area contributed by atoms with Crippen molar-refractivity contribution in [2.45, 2.75) is 11.3 Å². The monoisotopic (exact) mass is 311 g/mol. The Hall–Kier alpha value is -1.36. The summed E-state index contributed by atoms with van der Waals surface area (Å²) in [5.41, 5.74) is 5.25. The quantitative estimate of drug-likeness (QED) is 0.383. The van der Waals surface area contributed by atoms with Crippen molar-refractivity contribution in [3.8, 4) is 5.75 Å². The Kier molecular flexibility index (Phi) is 4.74. The van der Waals surface area contributed by atoms with Gasteiger partial charge in [0.2, 0.25) is 0 Å². The topological polar surface area (TPSA) is 144 Å². The molecule has 0 unspecified atom stereocenters. The first-order valence-electron chi connectivity index (χ1n) is 5.04. The van der Waals surface area contributed by atoms with E-state index in [1.165, 1.54) is 12.1 Å². The van der Waals surface area contributed by atoms with Crippen molar-refractivity contribution >= 4 is 25.9 Å². The van der Waals surface area contributed by atoms with Gasteiger partial charge in [0.05, 0.1) is 18.0 Å². The second-order valence-corrected chi connectivity index (χ2v) is 6.62. The van der Waals surface area contributed by atoms with E-state index in [2.05, 4.69) is 0 Å². The summed E-state index contributed by atoms with van der Waals surface area (Å²) in [6, 6.07) is 3.64. The van der Waals surface area contributed by atoms with E-state index in [9.17, 15) is 16.8 Å². The maximum absolute atomic E-state index is 11.0. The third-order valence-electron chi connectivity index (χ3n) is 2.08. The summed E-state index contributed by atoms with van der Waals surface area (Å²) in [4.78, 5) is -0.486. The third kappa shape index (κ3) is 5.42. The summed E-state index contributed by atoms with van der Waals surface area (Å²) in [6.07, 6.45) is 0.0322. The van der Waals surface area contributed by atoms with Crippen molar-refractivity contribution in [1.29, 1.82) is 0 Å². The molecule has 0 aliphatic carbocycles. The predicted octanol–water partition coefficient (Wildman–Crippen LogP) is 0.172. The number of hydrogen-bond acceptors (Lipinski definition) is 6. The molecule has 4 N–H and O–H groups in total. The van der Waals surface area contributed by atoms with Crippen LogP contribution < -0.4 is 10.5 Å². The molecule has 1 aromatic rings. The first-order valence-corrected chi connectivity index (χ1v) is 8.09. The summed E-state index contributed by atoms with van der Waals surface area (Å²) in [7, 11) is -8.50. The zero-order chi connectivity index (χ0) is 14.7. The van der Waals surface area contributed by atoms with Crippen molar-refractivity contribution in [1.82, 2.24) is 0 Å². The largest absolute Gasteiger partial charge is 0.494 e. The molecule has 0 saturated carbocycles. The molecule has 10 heteroatoms. The highest BCUT2D eigenvalue weighted by Gasteiger charge is 2.15. The van der Waals surface area contributed by atoms with Crippen LogP contribution in [0.15, 0.2) is 23.1 Å². The van der Waals surface area contributed by atoms with Crippen LogP contribution in [0.5, 0.6) is 5.75 Å². The van der Waals surface area contributed by atoms with Crippen LogP contribution >= 0.6 is 0 Å². The Balaban J connectivity index is 2.71. The Morgan fingerprint density at radius 2 is 1.79 bits per heavy atom. The van der Waals surface area contributed by atoms with Crippen LogP contribution in [0.25, 0.3) is 0 Å². The van der Waals surface area contributed by atoms with Gasteiger partial charge in [-0.3, -0.25) is 9.11 Å². The van der Waals surface area contributed by atoms with E-state index in [1.807, 2.05) is 0 Å². The zero-order valence-electron chi connectivity index (χ0n) is 9.68. The lowest BCUT2D eigenvalue weighted by Crippen LogP contribution is -2.09. The zero-order valence-corrected chi connectivity index (χ0v) is 11.3. The molecule has 0 bridgehead atoms. The fourth-order valence-corrected chi connectivity index (χ4v) is 2.37. The SMILES string of the molecule is Nc1ccc(OCCCS(=O)(=O)O)cc1S(=O)(=O)O. The van der Waals surface area contributed by atoms with Crippen LogP contribution in [0.4, 0.5) is 5.69 Å². The second kappa shape index (κ2) is 5.74. The van der Waals surface area contributed by atoms with E-state index in [4.69, 9.17) is 19.6 Å². The molecule has 0 aromatic heterocycles. The maximum atomic E-state index is 11.0. The molecule has 1 rings (SSSR count). The predicted molar refractivity (Wildman–Crippen MR) is 67.2 cm³/mol. The molecule has 0 radical (unpaired) electrons. The highest BCUT2D eigenvalue weighted by molar-refractivity contribution is 7.86. The number of nitrogen functional groups attached to an aromatic ring is 1. The number of hydrogen-bond donors (Lipinski definition) is 3. The van der Waals surface area contributed by atoms with Gasteiger partial charge in [-0.15, -0.1) is 0 Å². The van der Waals surface area contributed by atoms with Crippen LogP contribution in [0.1, 0.15) is 6.42 Å². The molecule has 1 aromatic carbocycles. The van der Waals surface area contributed by atoms with Crippen LogP contribution in [0, 0.1) is 0 Å². The van der Waals surface area contributed by atoms with Gasteiger partial charge in [0.15, 0.2) is 0 Å². The maximum Gasteiger partial charge on any atom is 0.296 e. The lowest BCUT2D eigenvalue weighted by Gasteiger charge is -2.08. The molecule has 0 saturated heterocycles. The molecule has 0 atom stereocenters. The summed E-state index contributed by atoms with van der Waals surface area (Å²) >= 11 is 0. The van der Waals surface area contributed by atoms with E-state index in [0.29, 0.717) is 0 Å². The van der Waals surface area contributed by atoms with Gasteiger partial charge >= 0.3 is 0 Å². The molecule has 108 valence electrons. The van der Waals surface area contributed by atoms with Gasteiger partial charge in [-0.25, -0.2) is 0 Å². The third-order valence-corrected chi connectivity index (χ3v) is 3.79. The van der Waals surface area contributed by atoms with Gasteiger partial charge < -0.3 is 10.5 Å². The first-order chi connectivity index (χ1) is 8.59. The molecule has 19 heavy (non-hydrogen) atoms. The van der Waals surface area contributed by atoms with Crippen LogP contribution in [0.2, 0.25) is 0 Å². The first kappa shape index (κ1) is 15.7. The van der Waals surface area contributed by atoms with Crippen molar-refractivity contribution in [3.63, 3.8) is 0 Å². The number of nitrogens with two attached hydrogens (primary N) is 1. The minimum Gasteiger partial charge on any atom is -0.494 e. The van der Waals surface area contributed by atoms with E-state index >= 15 is 0 Å². The number of ether oxygens (including phenoxy) is 1. The summed E-state index contributed by atoms with van der Waals surface area (Å²) in [6.45, 7) is -0.0470. The minimum absolute atomic E-state index is 0.0322. The highest BCUT2D eigenvalue weighted by atomic mass is 32.2. The summed E-state index contributed by atoms with van der Waals surface area (Å²) < 4.78 is 65.3. The van der Waals surface area contributed by atoms with Crippen molar-refractivity contribution < 1.29 is 30.7 Å². The standard InChI is InChI=1S/C9H13NO7S2/c10-8-3-2-7(6-9(8)19(14,15)16)17-4-1-5-18(11,12)13/h2-3,6H,1,4-5,10H2,(H,11,12,13)(H,14,15,16). The molecule has 0 fully saturated rings. The Labute approximate surface area is 110 Å². The Morgan fingerprint density at radius 1 is 1.16 bits per heavy atom. The number of rotatable bonds is 6. The van der Waals surface area contributed by atoms with Crippen molar-refractivity contribution in [2.24, 2.45) is 0 Å². The lowest BCUT2D eigenvalue weighted by atomic mass is 10.3. The fourth-order valence-electron chi connectivity index (χ4n) is 1.26. The van der Waals surface area contributed by atoms with Crippen LogP contribution in [-0.2, 0) is 20.2 Å². The van der Waals surface area contributed by atoms with Gasteiger partial charge in [-0.1, -0.05) is 0 Å². The summed E-state index contributed by atoms with van der Waals surface area (Å²) in [5.74, 6) is -0.357. The van der Waals surface area contributed by atoms with Crippen LogP contribution in [0.3, 0.4) is 0 Å². The molecular formula is C9H13NO7S2. The normalized spacial score (nSPS) is 12.3. The van der Waals surface area contributed by atoms with Gasteiger partial charge in [-0.05, 0) is 18.6 Å². The van der Waals surface area contributed by atoms with Crippen molar-refractivity contribution in [3.05, 3.63) is 18.2 Å². The Bertz CT molecular complexity index is 651. The molecule has 0 spiro atoms. The Morgan fingerprint density at radius 3 is 2.32 bits per heavy atom. The molecule has 0 aliphatic heterocycles.